The van der Waals surface area contributed by atoms with Crippen LogP contribution in [0.2, 0.25) is 0 Å². The zero-order chi connectivity index (χ0) is 12.5. The Morgan fingerprint density at radius 3 is 2.82 bits per heavy atom. The van der Waals surface area contributed by atoms with E-state index in [2.05, 4.69) is 4.98 Å². The van der Waals surface area contributed by atoms with Crippen LogP contribution in [0.5, 0.6) is 0 Å². The van der Waals surface area contributed by atoms with Crippen LogP contribution < -0.4 is 5.73 Å². The van der Waals surface area contributed by atoms with Crippen LogP contribution in [0, 0.1) is 0 Å². The molecule has 0 bridgehead atoms. The molecule has 0 aliphatic heterocycles. The Kier molecular flexibility index (Phi) is 3.13. The molecule has 2 rings (SSSR count). The van der Waals surface area contributed by atoms with Crippen LogP contribution in [-0.2, 0) is 9.84 Å². The number of rotatable bonds is 3. The van der Waals surface area contributed by atoms with E-state index in [0.717, 1.165) is 16.3 Å². The van der Waals surface area contributed by atoms with Gasteiger partial charge in [-0.1, -0.05) is 18.2 Å². The van der Waals surface area contributed by atoms with Gasteiger partial charge < -0.3 is 5.73 Å². The van der Waals surface area contributed by atoms with E-state index in [1.165, 1.54) is 6.26 Å². The lowest BCUT2D eigenvalue weighted by molar-refractivity contribution is 0.595. The van der Waals surface area contributed by atoms with Crippen molar-refractivity contribution in [3.05, 3.63) is 42.2 Å². The monoisotopic (exact) mass is 250 g/mol. The summed E-state index contributed by atoms with van der Waals surface area (Å²) in [5, 5.41) is 1.92. The van der Waals surface area contributed by atoms with Gasteiger partial charge in [0.05, 0.1) is 5.75 Å². The Hall–Kier alpha value is -1.46. The van der Waals surface area contributed by atoms with E-state index in [9.17, 15) is 8.42 Å². The zero-order valence-electron chi connectivity index (χ0n) is 9.50. The van der Waals surface area contributed by atoms with Crippen LogP contribution >= 0.6 is 0 Å². The van der Waals surface area contributed by atoms with Gasteiger partial charge in [-0.2, -0.15) is 0 Å². The molecular weight excluding hydrogens is 236 g/mol. The number of pyridine rings is 1. The summed E-state index contributed by atoms with van der Waals surface area (Å²) in [7, 11) is -3.08. The average molecular weight is 250 g/mol. The first kappa shape index (κ1) is 12.0. The number of aromatic nitrogens is 1. The minimum atomic E-state index is -3.08. The summed E-state index contributed by atoms with van der Waals surface area (Å²) in [6, 6.07) is 7.00. The predicted molar refractivity (Wildman–Crippen MR) is 68.4 cm³/mol. The van der Waals surface area contributed by atoms with Crippen molar-refractivity contribution in [1.82, 2.24) is 4.98 Å². The van der Waals surface area contributed by atoms with Crippen LogP contribution in [0.3, 0.4) is 0 Å². The number of nitrogens with two attached hydrogens (primary N) is 1. The number of fused-ring (bicyclic) bond motifs is 1. The maximum atomic E-state index is 11.3. The third kappa shape index (κ3) is 2.81. The molecule has 17 heavy (non-hydrogen) atoms. The highest BCUT2D eigenvalue weighted by molar-refractivity contribution is 7.90. The van der Waals surface area contributed by atoms with Gasteiger partial charge in [0.1, 0.15) is 9.84 Å². The minimum Gasteiger partial charge on any atom is -0.323 e. The molecule has 90 valence electrons. The number of nitrogens with zero attached hydrogens (tertiary/aromatic N) is 1. The van der Waals surface area contributed by atoms with Crippen molar-refractivity contribution in [3.63, 3.8) is 0 Å². The topological polar surface area (TPSA) is 73.0 Å². The van der Waals surface area contributed by atoms with Gasteiger partial charge in [0.2, 0.25) is 0 Å². The highest BCUT2D eigenvalue weighted by Gasteiger charge is 2.15. The number of sulfone groups is 1. The van der Waals surface area contributed by atoms with Crippen molar-refractivity contribution in [1.29, 1.82) is 0 Å². The Labute approximate surface area is 100 Å². The van der Waals surface area contributed by atoms with Crippen LogP contribution in [0.25, 0.3) is 10.8 Å². The zero-order valence-corrected chi connectivity index (χ0v) is 10.3. The van der Waals surface area contributed by atoms with Crippen molar-refractivity contribution in [2.24, 2.45) is 5.73 Å². The largest absolute Gasteiger partial charge is 0.323 e. The number of hydrogen-bond acceptors (Lipinski definition) is 4. The molecule has 2 aromatic rings. The molecule has 1 heterocycles. The summed E-state index contributed by atoms with van der Waals surface area (Å²) < 4.78 is 22.5. The quantitative estimate of drug-likeness (QED) is 0.890. The van der Waals surface area contributed by atoms with E-state index in [0.29, 0.717) is 0 Å². The molecule has 1 aromatic heterocycles. The van der Waals surface area contributed by atoms with Crippen molar-refractivity contribution < 1.29 is 8.42 Å². The predicted octanol–water partition coefficient (Wildman–Crippen LogP) is 1.28. The number of benzene rings is 1. The molecule has 0 amide bonds. The molecule has 1 aromatic carbocycles. The maximum absolute atomic E-state index is 11.3. The molecule has 0 saturated heterocycles. The third-order valence-electron chi connectivity index (χ3n) is 2.60. The van der Waals surface area contributed by atoms with Gasteiger partial charge in [0.25, 0.3) is 0 Å². The Morgan fingerprint density at radius 2 is 2.12 bits per heavy atom. The van der Waals surface area contributed by atoms with Crippen LogP contribution in [0.4, 0.5) is 0 Å². The standard InChI is InChI=1S/C12H14N2O2S/c1-17(15,16)8-12(13)11-4-2-3-9-7-14-6-5-10(9)11/h2-7,12H,8,13H2,1H3. The van der Waals surface area contributed by atoms with Gasteiger partial charge in [-0.15, -0.1) is 0 Å². The molecule has 2 N–H and O–H groups in total. The van der Waals surface area contributed by atoms with Crippen molar-refractivity contribution >= 4 is 20.6 Å². The van der Waals surface area contributed by atoms with Gasteiger partial charge >= 0.3 is 0 Å². The normalized spacial score (nSPS) is 13.8. The summed E-state index contributed by atoms with van der Waals surface area (Å²) in [5.74, 6) is -0.0472. The van der Waals surface area contributed by atoms with Gasteiger partial charge in [-0.05, 0) is 17.0 Å². The second-order valence-corrected chi connectivity index (χ2v) is 6.33. The second kappa shape index (κ2) is 4.43. The van der Waals surface area contributed by atoms with Gasteiger partial charge in [-0.3, -0.25) is 4.98 Å². The molecule has 4 nitrogen and oxygen atoms in total. The number of hydrogen-bond donors (Lipinski definition) is 1. The van der Waals surface area contributed by atoms with Crippen molar-refractivity contribution in [2.75, 3.05) is 12.0 Å². The first-order valence-electron chi connectivity index (χ1n) is 5.23. The molecule has 0 saturated carbocycles. The highest BCUT2D eigenvalue weighted by Crippen LogP contribution is 2.22. The molecule has 1 unspecified atom stereocenters. The molecule has 1 atom stereocenters. The first-order valence-corrected chi connectivity index (χ1v) is 7.29. The summed E-state index contributed by atoms with van der Waals surface area (Å²) in [6.07, 6.45) is 4.62. The van der Waals surface area contributed by atoms with E-state index in [-0.39, 0.29) is 5.75 Å². The van der Waals surface area contributed by atoms with Crippen LogP contribution in [-0.4, -0.2) is 25.4 Å². The Balaban J connectivity index is 2.48. The van der Waals surface area contributed by atoms with Crippen LogP contribution in [0.15, 0.2) is 36.7 Å². The van der Waals surface area contributed by atoms with E-state index in [1.54, 1.807) is 12.4 Å². The summed E-state index contributed by atoms with van der Waals surface area (Å²) in [6.45, 7) is 0. The van der Waals surface area contributed by atoms with Crippen molar-refractivity contribution in [3.8, 4) is 0 Å². The highest BCUT2D eigenvalue weighted by atomic mass is 32.2. The summed E-state index contributed by atoms with van der Waals surface area (Å²) >= 11 is 0. The molecule has 0 aliphatic rings. The second-order valence-electron chi connectivity index (χ2n) is 4.14. The summed E-state index contributed by atoms with van der Waals surface area (Å²) in [4.78, 5) is 4.03. The fraction of sp³-hybridized carbons (Fsp3) is 0.250. The fourth-order valence-corrected chi connectivity index (χ4v) is 2.72. The molecule has 0 aliphatic carbocycles. The van der Waals surface area contributed by atoms with Crippen LogP contribution in [0.1, 0.15) is 11.6 Å². The van der Waals surface area contributed by atoms with Gasteiger partial charge in [-0.25, -0.2) is 8.42 Å². The lowest BCUT2D eigenvalue weighted by atomic mass is 10.0. The van der Waals surface area contributed by atoms with E-state index >= 15 is 0 Å². The molecular formula is C12H14N2O2S. The van der Waals surface area contributed by atoms with E-state index < -0.39 is 15.9 Å². The average Bonchev–Trinajstić information content (AvgIpc) is 2.26. The smallest absolute Gasteiger partial charge is 0.149 e. The Bertz CT molecular complexity index is 633. The first-order chi connectivity index (χ1) is 7.97. The minimum absolute atomic E-state index is 0.0472. The summed E-state index contributed by atoms with van der Waals surface area (Å²) in [5.41, 5.74) is 6.79. The molecule has 0 radical (unpaired) electrons. The molecule has 0 fully saturated rings. The van der Waals surface area contributed by atoms with Gasteiger partial charge in [0, 0.05) is 30.1 Å². The van der Waals surface area contributed by atoms with Gasteiger partial charge in [0.15, 0.2) is 0 Å². The van der Waals surface area contributed by atoms with E-state index in [1.807, 2.05) is 24.3 Å². The Morgan fingerprint density at radius 1 is 1.35 bits per heavy atom. The van der Waals surface area contributed by atoms with Crippen molar-refractivity contribution in [2.45, 2.75) is 6.04 Å². The molecule has 0 spiro atoms. The maximum Gasteiger partial charge on any atom is 0.149 e. The third-order valence-corrected chi connectivity index (χ3v) is 3.56. The SMILES string of the molecule is CS(=O)(=O)CC(N)c1cccc2cnccc12. The lowest BCUT2D eigenvalue weighted by Crippen LogP contribution is -2.21. The lowest BCUT2D eigenvalue weighted by Gasteiger charge is -2.13. The fourth-order valence-electron chi connectivity index (χ4n) is 1.89. The van der Waals surface area contributed by atoms with E-state index in [4.69, 9.17) is 5.73 Å². The molecule has 5 heteroatoms.